The van der Waals surface area contributed by atoms with Crippen molar-refractivity contribution in [3.63, 3.8) is 0 Å². The Morgan fingerprint density at radius 1 is 0.641 bits per heavy atom. The van der Waals surface area contributed by atoms with Crippen molar-refractivity contribution in [3.05, 3.63) is 72.1 Å². The molecular weight excluding hydrogens is 508 g/mol. The summed E-state index contributed by atoms with van der Waals surface area (Å²) in [6, 6.07) is 12.7. The van der Waals surface area contributed by atoms with Crippen LogP contribution in [-0.4, -0.2) is 67.2 Å². The predicted octanol–water partition coefficient (Wildman–Crippen LogP) is 0.518. The highest BCUT2D eigenvalue weighted by molar-refractivity contribution is 5.85. The molecule has 2 aromatic heterocycles. The van der Waals surface area contributed by atoms with Crippen LogP contribution in [0.3, 0.4) is 0 Å². The van der Waals surface area contributed by atoms with Gasteiger partial charge >= 0.3 is 17.9 Å². The van der Waals surface area contributed by atoms with Crippen molar-refractivity contribution in [2.24, 2.45) is 22.9 Å². The molecule has 1 amide bonds. The molecule has 0 saturated carbocycles. The Hall–Kier alpha value is -4.72. The van der Waals surface area contributed by atoms with E-state index in [9.17, 15) is 19.2 Å². The molecule has 2 aromatic carbocycles. The van der Waals surface area contributed by atoms with E-state index in [4.69, 9.17) is 32.5 Å². The molecule has 13 heteroatoms. The molecule has 4 aromatic rings. The largest absolute Gasteiger partial charge is 0.480 e. The van der Waals surface area contributed by atoms with Gasteiger partial charge in [-0.2, -0.15) is 0 Å². The maximum absolute atomic E-state index is 10.6. The number of rotatable bonds is 9. The molecule has 2 heterocycles. The van der Waals surface area contributed by atoms with Crippen molar-refractivity contribution in [1.82, 2.24) is 9.97 Å². The van der Waals surface area contributed by atoms with Gasteiger partial charge in [0.1, 0.15) is 18.1 Å². The lowest BCUT2D eigenvalue weighted by molar-refractivity contribution is -0.140. The molecule has 208 valence electrons. The zero-order chi connectivity index (χ0) is 29.1. The average molecular weight is 541 g/mol. The van der Waals surface area contributed by atoms with Crippen LogP contribution in [-0.2, 0) is 32.0 Å². The molecule has 3 atom stereocenters. The van der Waals surface area contributed by atoms with Gasteiger partial charge in [0.25, 0.3) is 0 Å². The number of benzene rings is 2. The minimum Gasteiger partial charge on any atom is -0.480 e. The van der Waals surface area contributed by atoms with Gasteiger partial charge in [-0.1, -0.05) is 36.4 Å². The second-order valence-electron chi connectivity index (χ2n) is 8.63. The van der Waals surface area contributed by atoms with Gasteiger partial charge in [0.05, 0.1) is 6.42 Å². The number of para-hydroxylation sites is 2. The number of hydrogen-bond acceptors (Lipinski definition) is 7. The first-order valence-corrected chi connectivity index (χ1v) is 11.7. The van der Waals surface area contributed by atoms with Gasteiger partial charge < -0.3 is 48.2 Å². The van der Waals surface area contributed by atoms with Gasteiger partial charge in [-0.3, -0.25) is 19.2 Å². The summed E-state index contributed by atoms with van der Waals surface area (Å²) in [4.78, 5) is 47.3. The molecule has 0 unspecified atom stereocenters. The number of aromatic nitrogens is 2. The van der Waals surface area contributed by atoms with Crippen LogP contribution in [0.4, 0.5) is 0 Å². The Kier molecular flexibility index (Phi) is 11.2. The maximum atomic E-state index is 10.6. The highest BCUT2D eigenvalue weighted by Gasteiger charge is 2.15. The zero-order valence-corrected chi connectivity index (χ0v) is 20.9. The van der Waals surface area contributed by atoms with E-state index in [-0.39, 0.29) is 6.42 Å². The number of nitrogens with two attached hydrogens (primary N) is 4. The van der Waals surface area contributed by atoms with Crippen LogP contribution in [0.15, 0.2) is 60.9 Å². The molecular formula is C26H32N6O7. The molecule has 0 aliphatic carbocycles. The van der Waals surface area contributed by atoms with Crippen LogP contribution in [0.2, 0.25) is 0 Å². The van der Waals surface area contributed by atoms with Crippen LogP contribution in [0, 0.1) is 0 Å². The fourth-order valence-corrected chi connectivity index (χ4v) is 3.55. The topological polar surface area (TPSA) is 265 Å². The average Bonchev–Trinajstić information content (AvgIpc) is 3.48. The lowest BCUT2D eigenvalue weighted by atomic mass is 10.1. The number of carboxylic acids is 3. The smallest absolute Gasteiger partial charge is 0.321 e. The third-order valence-corrected chi connectivity index (χ3v) is 5.60. The number of hydrogen-bond donors (Lipinski definition) is 9. The van der Waals surface area contributed by atoms with Crippen LogP contribution in [0.1, 0.15) is 17.5 Å². The lowest BCUT2D eigenvalue weighted by Crippen LogP contribution is -2.34. The summed E-state index contributed by atoms with van der Waals surface area (Å²) < 4.78 is 0. The molecule has 0 aliphatic rings. The normalized spacial score (nSPS) is 12.8. The fourth-order valence-electron chi connectivity index (χ4n) is 3.55. The van der Waals surface area contributed by atoms with Gasteiger partial charge in [-0.25, -0.2) is 0 Å². The van der Waals surface area contributed by atoms with E-state index < -0.39 is 41.9 Å². The highest BCUT2D eigenvalue weighted by Crippen LogP contribution is 2.19. The van der Waals surface area contributed by atoms with Gasteiger partial charge in [0.2, 0.25) is 5.91 Å². The number of aliphatic carboxylic acids is 3. The number of amides is 1. The van der Waals surface area contributed by atoms with Gasteiger partial charge in [-0.05, 0) is 23.3 Å². The Balaban J connectivity index is 0.000000213. The molecule has 0 aliphatic heterocycles. The second kappa shape index (κ2) is 14.3. The molecule has 0 radical (unpaired) electrons. The summed E-state index contributed by atoms with van der Waals surface area (Å²) in [5, 5.41) is 27.6. The first-order chi connectivity index (χ1) is 18.4. The molecule has 0 spiro atoms. The third kappa shape index (κ3) is 9.27. The van der Waals surface area contributed by atoms with Gasteiger partial charge in [-0.15, -0.1) is 0 Å². The van der Waals surface area contributed by atoms with E-state index in [2.05, 4.69) is 15.7 Å². The number of primary amides is 1. The van der Waals surface area contributed by atoms with Crippen molar-refractivity contribution in [2.45, 2.75) is 37.4 Å². The van der Waals surface area contributed by atoms with Gasteiger partial charge in [0.15, 0.2) is 0 Å². The van der Waals surface area contributed by atoms with Crippen molar-refractivity contribution in [3.8, 4) is 0 Å². The number of nitrogens with one attached hydrogen (secondary N) is 2. The quantitative estimate of drug-likeness (QED) is 0.142. The monoisotopic (exact) mass is 540 g/mol. The predicted molar refractivity (Wildman–Crippen MR) is 145 cm³/mol. The summed E-state index contributed by atoms with van der Waals surface area (Å²) in [6.45, 7) is 0. The summed E-state index contributed by atoms with van der Waals surface area (Å²) in [6.07, 6.45) is 4.01. The van der Waals surface area contributed by atoms with E-state index in [0.717, 1.165) is 32.9 Å². The number of aromatic amines is 2. The summed E-state index contributed by atoms with van der Waals surface area (Å²) in [5.74, 6) is -3.86. The molecule has 4 rings (SSSR count). The van der Waals surface area contributed by atoms with Gasteiger partial charge in [0, 0.05) is 47.0 Å². The summed E-state index contributed by atoms with van der Waals surface area (Å²) >= 11 is 0. The fraction of sp³-hybridized carbons (Fsp3) is 0.231. The molecule has 13 nitrogen and oxygen atoms in total. The zero-order valence-electron chi connectivity index (χ0n) is 20.9. The van der Waals surface area contributed by atoms with E-state index in [1.165, 1.54) is 0 Å². The Morgan fingerprint density at radius 2 is 1.00 bits per heavy atom. The van der Waals surface area contributed by atoms with Crippen molar-refractivity contribution in [2.75, 3.05) is 0 Å². The minimum atomic E-state index is -1.21. The molecule has 13 N–H and O–H groups in total. The Morgan fingerprint density at radius 3 is 1.31 bits per heavy atom. The highest BCUT2D eigenvalue weighted by atomic mass is 16.4. The standard InChI is InChI=1S/2C11H12N2O2.C4H8N2O3/c2*12-9(11(14)15)5-7-6-13-10-4-2-1-3-8(7)10;5-2(4(8)9)1-3(6)7/h2*1-4,6,9,13H,5,12H2,(H,14,15);2H,1,5H2,(H2,6,7)(H,8,9)/t2*9-;2-/m000/s1. The van der Waals surface area contributed by atoms with E-state index in [1.54, 1.807) is 0 Å². The SMILES string of the molecule is NC(=O)C[C@H](N)C(=O)O.N[C@@H](Cc1c[nH]c2ccccc12)C(=O)O.N[C@@H](Cc1c[nH]c2ccccc12)C(=O)O. The Labute approximate surface area is 222 Å². The summed E-state index contributed by atoms with van der Waals surface area (Å²) in [5.41, 5.74) is 24.4. The molecule has 39 heavy (non-hydrogen) atoms. The summed E-state index contributed by atoms with van der Waals surface area (Å²) in [7, 11) is 0. The maximum Gasteiger partial charge on any atom is 0.321 e. The van der Waals surface area contributed by atoms with Crippen LogP contribution >= 0.6 is 0 Å². The van der Waals surface area contributed by atoms with Crippen molar-refractivity contribution in [1.29, 1.82) is 0 Å². The number of carbonyl (C=O) groups excluding carboxylic acids is 1. The second-order valence-corrected chi connectivity index (χ2v) is 8.63. The number of carboxylic acid groups (broad SMARTS) is 3. The number of fused-ring (bicyclic) bond motifs is 2. The first-order valence-electron chi connectivity index (χ1n) is 11.7. The Bertz CT molecular complexity index is 1340. The van der Waals surface area contributed by atoms with E-state index >= 15 is 0 Å². The van der Waals surface area contributed by atoms with Crippen LogP contribution in [0.5, 0.6) is 0 Å². The van der Waals surface area contributed by atoms with Crippen molar-refractivity contribution < 1.29 is 34.5 Å². The van der Waals surface area contributed by atoms with E-state index in [0.29, 0.717) is 12.8 Å². The minimum absolute atomic E-state index is 0.310. The number of carbonyl (C=O) groups is 4. The van der Waals surface area contributed by atoms with Crippen molar-refractivity contribution >= 4 is 45.6 Å². The lowest BCUT2D eigenvalue weighted by Gasteiger charge is -2.04. The van der Waals surface area contributed by atoms with Crippen LogP contribution in [0.25, 0.3) is 21.8 Å². The number of H-pyrrole nitrogens is 2. The first kappa shape index (κ1) is 30.5. The molecule has 0 saturated heterocycles. The third-order valence-electron chi connectivity index (χ3n) is 5.60. The van der Waals surface area contributed by atoms with Crippen LogP contribution < -0.4 is 22.9 Å². The van der Waals surface area contributed by atoms with E-state index in [1.807, 2.05) is 60.9 Å². The molecule has 0 bridgehead atoms. The molecule has 0 fully saturated rings.